The van der Waals surface area contributed by atoms with E-state index in [1.165, 1.54) is 6.08 Å². The minimum Gasteiger partial charge on any atom is -0.493 e. The van der Waals surface area contributed by atoms with Crippen molar-refractivity contribution in [2.24, 2.45) is 0 Å². The largest absolute Gasteiger partial charge is 0.493 e. The fraction of sp³-hybridized carbons (Fsp3) is 0.179. The van der Waals surface area contributed by atoms with Gasteiger partial charge in [-0.15, -0.1) is 0 Å². The van der Waals surface area contributed by atoms with Gasteiger partial charge in [-0.25, -0.2) is 9.69 Å². The van der Waals surface area contributed by atoms with Gasteiger partial charge in [-0.3, -0.25) is 14.9 Å². The molecule has 0 bridgehead atoms. The van der Waals surface area contributed by atoms with Crippen LogP contribution in [0, 0.1) is 0 Å². The number of urea groups is 1. The molecule has 1 saturated heterocycles. The summed E-state index contributed by atoms with van der Waals surface area (Å²) in [5.74, 6) is 0.215. The third-order valence-electron chi connectivity index (χ3n) is 5.39. The Morgan fingerprint density at radius 1 is 0.895 bits per heavy atom. The second-order valence-electron chi connectivity index (χ2n) is 8.08. The van der Waals surface area contributed by atoms with Crippen molar-refractivity contribution in [3.05, 3.63) is 87.4 Å². The van der Waals surface area contributed by atoms with E-state index in [-0.39, 0.29) is 5.57 Å². The number of imide groups is 2. The Kier molecular flexibility index (Phi) is 9.04. The summed E-state index contributed by atoms with van der Waals surface area (Å²) in [5.41, 5.74) is 0.700. The van der Waals surface area contributed by atoms with Crippen molar-refractivity contribution in [3.63, 3.8) is 0 Å². The first kappa shape index (κ1) is 27.2. The van der Waals surface area contributed by atoms with E-state index < -0.39 is 17.8 Å². The summed E-state index contributed by atoms with van der Waals surface area (Å²) in [6.45, 7) is 3.08. The molecule has 1 fully saturated rings. The highest BCUT2D eigenvalue weighted by atomic mass is 79.9. The number of nitrogens with zero attached hydrogens (tertiary/aromatic N) is 1. The zero-order valence-electron chi connectivity index (χ0n) is 20.4. The van der Waals surface area contributed by atoms with Gasteiger partial charge < -0.3 is 14.2 Å². The third-order valence-corrected chi connectivity index (χ3v) is 6.17. The highest BCUT2D eigenvalue weighted by Gasteiger charge is 2.36. The molecule has 0 saturated carbocycles. The van der Waals surface area contributed by atoms with Crippen LogP contribution in [0.15, 0.2) is 76.8 Å². The van der Waals surface area contributed by atoms with Crippen LogP contribution in [-0.4, -0.2) is 37.7 Å². The number of barbiturate groups is 1. The zero-order valence-corrected chi connectivity index (χ0v) is 22.8. The van der Waals surface area contributed by atoms with Crippen molar-refractivity contribution in [2.75, 3.05) is 24.7 Å². The molecule has 196 valence electrons. The number of hydrogen-bond acceptors (Lipinski definition) is 6. The van der Waals surface area contributed by atoms with Crippen molar-refractivity contribution in [1.82, 2.24) is 5.32 Å². The molecule has 0 unspecified atom stereocenters. The van der Waals surface area contributed by atoms with Gasteiger partial charge in [0.05, 0.1) is 25.5 Å². The maximum Gasteiger partial charge on any atom is 0.335 e. The first-order chi connectivity index (χ1) is 18.4. The smallest absolute Gasteiger partial charge is 0.335 e. The summed E-state index contributed by atoms with van der Waals surface area (Å²) in [4.78, 5) is 39.0. The van der Waals surface area contributed by atoms with Gasteiger partial charge in [0.1, 0.15) is 11.3 Å². The molecular formula is C28H24BrClN2O6. The number of benzene rings is 3. The van der Waals surface area contributed by atoms with Crippen LogP contribution in [0.1, 0.15) is 18.9 Å². The van der Waals surface area contributed by atoms with E-state index in [9.17, 15) is 14.4 Å². The zero-order chi connectivity index (χ0) is 27.1. The summed E-state index contributed by atoms with van der Waals surface area (Å²) < 4.78 is 18.1. The first-order valence-corrected chi connectivity index (χ1v) is 13.0. The van der Waals surface area contributed by atoms with Gasteiger partial charge in [-0.2, -0.15) is 0 Å². The molecule has 1 heterocycles. The van der Waals surface area contributed by atoms with Gasteiger partial charge in [-0.1, -0.05) is 33.6 Å². The van der Waals surface area contributed by atoms with E-state index in [1.807, 2.05) is 6.92 Å². The summed E-state index contributed by atoms with van der Waals surface area (Å²) in [6.07, 6.45) is 2.05. The lowest BCUT2D eigenvalue weighted by Gasteiger charge is -2.26. The van der Waals surface area contributed by atoms with Crippen molar-refractivity contribution in [2.45, 2.75) is 13.3 Å². The van der Waals surface area contributed by atoms with Crippen LogP contribution >= 0.6 is 27.5 Å². The van der Waals surface area contributed by atoms with Gasteiger partial charge in [-0.05, 0) is 79.2 Å². The molecule has 4 amide bonds. The van der Waals surface area contributed by atoms with Crippen LogP contribution in [-0.2, 0) is 9.59 Å². The van der Waals surface area contributed by atoms with Crippen molar-refractivity contribution in [1.29, 1.82) is 0 Å². The van der Waals surface area contributed by atoms with Crippen LogP contribution in [0.25, 0.3) is 6.08 Å². The highest BCUT2D eigenvalue weighted by Crippen LogP contribution is 2.30. The predicted octanol–water partition coefficient (Wildman–Crippen LogP) is 6.02. The van der Waals surface area contributed by atoms with E-state index in [1.54, 1.807) is 66.7 Å². The maximum atomic E-state index is 13.1. The molecule has 1 aliphatic rings. The van der Waals surface area contributed by atoms with E-state index in [2.05, 4.69) is 21.2 Å². The molecule has 10 heteroatoms. The molecule has 0 aliphatic carbocycles. The molecule has 1 aliphatic heterocycles. The van der Waals surface area contributed by atoms with Gasteiger partial charge in [0.15, 0.2) is 11.5 Å². The summed E-state index contributed by atoms with van der Waals surface area (Å²) >= 11 is 9.21. The fourth-order valence-electron chi connectivity index (χ4n) is 3.61. The number of amides is 4. The Morgan fingerprint density at radius 3 is 2.32 bits per heavy atom. The van der Waals surface area contributed by atoms with Crippen LogP contribution in [0.3, 0.4) is 0 Å². The van der Waals surface area contributed by atoms with Crippen LogP contribution < -0.4 is 24.4 Å². The van der Waals surface area contributed by atoms with E-state index in [4.69, 9.17) is 25.8 Å². The highest BCUT2D eigenvalue weighted by molar-refractivity contribution is 9.10. The summed E-state index contributed by atoms with van der Waals surface area (Å²) in [5, 5.41) is 2.87. The molecular weight excluding hydrogens is 576 g/mol. The van der Waals surface area contributed by atoms with E-state index in [0.29, 0.717) is 54.0 Å². The number of rotatable bonds is 10. The molecule has 3 aromatic carbocycles. The Bertz CT molecular complexity index is 1360. The second kappa shape index (κ2) is 12.6. The maximum absolute atomic E-state index is 13.1. The fourth-order valence-corrected chi connectivity index (χ4v) is 4.00. The van der Waals surface area contributed by atoms with E-state index >= 15 is 0 Å². The predicted molar refractivity (Wildman–Crippen MR) is 148 cm³/mol. The minimum atomic E-state index is -0.807. The van der Waals surface area contributed by atoms with Crippen molar-refractivity contribution in [3.8, 4) is 17.2 Å². The Hall–Kier alpha value is -3.82. The van der Waals surface area contributed by atoms with Crippen molar-refractivity contribution >= 4 is 57.1 Å². The molecule has 0 aromatic heterocycles. The lowest BCUT2D eigenvalue weighted by Crippen LogP contribution is -2.54. The molecule has 0 radical (unpaired) electrons. The summed E-state index contributed by atoms with van der Waals surface area (Å²) in [6, 6.07) is 18.0. The second-order valence-corrected chi connectivity index (χ2v) is 9.43. The van der Waals surface area contributed by atoms with Gasteiger partial charge in [0, 0.05) is 15.9 Å². The lowest BCUT2D eigenvalue weighted by molar-refractivity contribution is -0.122. The number of anilines is 1. The molecule has 38 heavy (non-hydrogen) atoms. The number of halogens is 2. The number of ether oxygens (including phenoxy) is 3. The van der Waals surface area contributed by atoms with E-state index in [0.717, 1.165) is 15.1 Å². The summed E-state index contributed by atoms with van der Waals surface area (Å²) in [7, 11) is 0. The first-order valence-electron chi connectivity index (χ1n) is 11.8. The number of hydrogen-bond donors (Lipinski definition) is 1. The average molecular weight is 600 g/mol. The van der Waals surface area contributed by atoms with Crippen LogP contribution in [0.5, 0.6) is 17.2 Å². The normalized spacial score (nSPS) is 14.4. The van der Waals surface area contributed by atoms with Gasteiger partial charge >= 0.3 is 6.03 Å². The van der Waals surface area contributed by atoms with Crippen molar-refractivity contribution < 1.29 is 28.6 Å². The third kappa shape index (κ3) is 6.73. The minimum absolute atomic E-state index is 0.178. The van der Waals surface area contributed by atoms with Gasteiger partial charge in [0.2, 0.25) is 0 Å². The standard InChI is InChI=1S/C28H24BrClN2O6/c1-2-36-25-17-18(4-13-24(25)38-15-3-14-37-22-11-7-20(30)8-12-22)16-23-26(33)31-28(35)32(27(23)34)21-9-5-19(29)6-10-21/h4-13,16-17H,2-3,14-15H2,1H3,(H,31,33,35)/b23-16-. The molecule has 3 aromatic rings. The molecule has 0 spiro atoms. The lowest BCUT2D eigenvalue weighted by atomic mass is 10.1. The number of carbonyl (C=O) groups excluding carboxylic acids is 3. The monoisotopic (exact) mass is 598 g/mol. The van der Waals surface area contributed by atoms with Gasteiger partial charge in [0.25, 0.3) is 11.8 Å². The molecule has 4 rings (SSSR count). The Labute approximate surface area is 233 Å². The Balaban J connectivity index is 1.45. The number of carbonyl (C=O) groups is 3. The topological polar surface area (TPSA) is 94.2 Å². The molecule has 1 N–H and O–H groups in total. The van der Waals surface area contributed by atoms with Crippen LogP contribution in [0.4, 0.5) is 10.5 Å². The molecule has 0 atom stereocenters. The average Bonchev–Trinajstić information content (AvgIpc) is 2.89. The van der Waals surface area contributed by atoms with Crippen LogP contribution in [0.2, 0.25) is 5.02 Å². The SMILES string of the molecule is CCOc1cc(/C=C2/C(=O)NC(=O)N(c3ccc(Br)cc3)C2=O)ccc1OCCCOc1ccc(Cl)cc1. The quantitative estimate of drug-likeness (QED) is 0.174. The molecule has 8 nitrogen and oxygen atoms in total. The Morgan fingerprint density at radius 2 is 1.61 bits per heavy atom. The number of nitrogens with one attached hydrogen (secondary N) is 1.